The lowest BCUT2D eigenvalue weighted by molar-refractivity contribution is -0.117. The van der Waals surface area contributed by atoms with Crippen molar-refractivity contribution >= 4 is 34.8 Å². The molecule has 20 heavy (non-hydrogen) atoms. The molecule has 0 bridgehead atoms. The first kappa shape index (κ1) is 14.8. The highest BCUT2D eigenvalue weighted by atomic mass is 35.5. The first-order chi connectivity index (χ1) is 9.63. The minimum absolute atomic E-state index is 0.126. The van der Waals surface area contributed by atoms with Crippen LogP contribution in [0.1, 0.15) is 24.8 Å². The molecule has 0 fully saturated rings. The van der Waals surface area contributed by atoms with Crippen LogP contribution >= 0.6 is 23.2 Å². The lowest BCUT2D eigenvalue weighted by Gasteiger charge is -2.16. The van der Waals surface area contributed by atoms with Gasteiger partial charge in [0.15, 0.2) is 10.3 Å². The van der Waals surface area contributed by atoms with Crippen molar-refractivity contribution in [3.8, 4) is 0 Å². The number of nitrogens with zero attached hydrogens (tertiary/aromatic N) is 2. The summed E-state index contributed by atoms with van der Waals surface area (Å²) in [5.41, 5.74) is 1.19. The molecule has 1 unspecified atom stereocenters. The molecule has 1 aromatic carbocycles. The molecular weight excluding hydrogens is 297 g/mol. The van der Waals surface area contributed by atoms with Crippen LogP contribution in [0, 0.1) is 0 Å². The summed E-state index contributed by atoms with van der Waals surface area (Å²) < 4.78 is 0. The molecule has 1 aromatic heterocycles. The van der Waals surface area contributed by atoms with Crippen molar-refractivity contribution < 1.29 is 4.79 Å². The Morgan fingerprint density at radius 2 is 1.80 bits per heavy atom. The fourth-order valence-corrected chi connectivity index (χ4v) is 2.32. The lowest BCUT2D eigenvalue weighted by Crippen LogP contribution is -2.21. The zero-order chi connectivity index (χ0) is 14.5. The molecule has 104 valence electrons. The smallest absolute Gasteiger partial charge is 0.232 e. The molecule has 2 rings (SSSR count). The molecule has 1 atom stereocenters. The predicted octanol–water partition coefficient (Wildman–Crippen LogP) is 3.92. The van der Waals surface area contributed by atoms with Crippen LogP contribution in [0.3, 0.4) is 0 Å². The number of anilines is 1. The van der Waals surface area contributed by atoms with Gasteiger partial charge in [-0.25, -0.2) is 9.97 Å². The Morgan fingerprint density at radius 1 is 1.20 bits per heavy atom. The standard InChI is InChI=1S/C14H13Cl2N3O/c1-2-10(9-6-4-3-5-7-9)14(20)19-11-12(15)17-8-18-13(11)16/h3-8,10H,2H2,1H3,(H,19,20). The zero-order valence-electron chi connectivity index (χ0n) is 10.8. The fraction of sp³-hybridized carbons (Fsp3) is 0.214. The van der Waals surface area contributed by atoms with E-state index in [-0.39, 0.29) is 27.8 Å². The van der Waals surface area contributed by atoms with Gasteiger partial charge in [0.2, 0.25) is 5.91 Å². The van der Waals surface area contributed by atoms with Gasteiger partial charge in [0.25, 0.3) is 0 Å². The Kier molecular flexibility index (Phi) is 4.93. The zero-order valence-corrected chi connectivity index (χ0v) is 12.3. The van der Waals surface area contributed by atoms with Crippen molar-refractivity contribution in [1.29, 1.82) is 0 Å². The highest BCUT2D eigenvalue weighted by molar-refractivity contribution is 6.38. The highest BCUT2D eigenvalue weighted by Crippen LogP contribution is 2.28. The number of carbonyl (C=O) groups excluding carboxylic acids is 1. The molecule has 1 N–H and O–H groups in total. The summed E-state index contributed by atoms with van der Waals surface area (Å²) in [5.74, 6) is -0.458. The van der Waals surface area contributed by atoms with Gasteiger partial charge in [-0.2, -0.15) is 0 Å². The minimum Gasteiger partial charge on any atom is -0.320 e. The highest BCUT2D eigenvalue weighted by Gasteiger charge is 2.21. The number of nitrogens with one attached hydrogen (secondary N) is 1. The lowest BCUT2D eigenvalue weighted by atomic mass is 9.95. The van der Waals surface area contributed by atoms with Crippen molar-refractivity contribution in [2.24, 2.45) is 0 Å². The molecule has 0 radical (unpaired) electrons. The molecule has 2 aromatic rings. The van der Waals surface area contributed by atoms with Gasteiger partial charge in [0.1, 0.15) is 12.0 Å². The molecule has 1 heterocycles. The Bertz CT molecular complexity index is 584. The third kappa shape index (κ3) is 3.26. The van der Waals surface area contributed by atoms with Gasteiger partial charge in [-0.1, -0.05) is 60.5 Å². The molecule has 0 saturated carbocycles. The Hall–Kier alpha value is -1.65. The van der Waals surface area contributed by atoms with Crippen LogP contribution in [0.15, 0.2) is 36.7 Å². The van der Waals surface area contributed by atoms with Gasteiger partial charge in [0.05, 0.1) is 5.92 Å². The summed E-state index contributed by atoms with van der Waals surface area (Å²) in [6.45, 7) is 1.95. The summed E-state index contributed by atoms with van der Waals surface area (Å²) in [6.07, 6.45) is 1.91. The monoisotopic (exact) mass is 309 g/mol. The molecule has 0 aliphatic carbocycles. The van der Waals surface area contributed by atoms with Crippen molar-refractivity contribution in [3.63, 3.8) is 0 Å². The van der Waals surface area contributed by atoms with Crippen molar-refractivity contribution in [1.82, 2.24) is 9.97 Å². The Labute approximate surface area is 127 Å². The molecule has 4 nitrogen and oxygen atoms in total. The van der Waals surface area contributed by atoms with Crippen molar-refractivity contribution in [2.45, 2.75) is 19.3 Å². The van der Waals surface area contributed by atoms with Gasteiger partial charge in [-0.15, -0.1) is 0 Å². The van der Waals surface area contributed by atoms with Gasteiger partial charge in [-0.3, -0.25) is 4.79 Å². The normalized spacial score (nSPS) is 11.9. The van der Waals surface area contributed by atoms with E-state index in [0.717, 1.165) is 5.56 Å². The van der Waals surface area contributed by atoms with Crippen LogP contribution in [0.25, 0.3) is 0 Å². The first-order valence-electron chi connectivity index (χ1n) is 6.15. The average Bonchev–Trinajstić information content (AvgIpc) is 2.45. The molecule has 6 heteroatoms. The van der Waals surface area contributed by atoms with Gasteiger partial charge in [-0.05, 0) is 12.0 Å². The van der Waals surface area contributed by atoms with E-state index in [2.05, 4.69) is 15.3 Å². The number of hydrogen-bond acceptors (Lipinski definition) is 3. The Balaban J connectivity index is 2.23. The molecule has 0 aliphatic heterocycles. The predicted molar refractivity (Wildman–Crippen MR) is 80.2 cm³/mol. The van der Waals surface area contributed by atoms with E-state index in [1.807, 2.05) is 37.3 Å². The number of amides is 1. The van der Waals surface area contributed by atoms with E-state index < -0.39 is 0 Å². The van der Waals surface area contributed by atoms with Gasteiger partial charge in [0, 0.05) is 0 Å². The summed E-state index contributed by atoms with van der Waals surface area (Å²) in [6, 6.07) is 9.54. The topological polar surface area (TPSA) is 54.9 Å². The summed E-state index contributed by atoms with van der Waals surface area (Å²) in [7, 11) is 0. The molecule has 0 spiro atoms. The second-order valence-electron chi connectivity index (χ2n) is 4.19. The molecule has 0 saturated heterocycles. The number of halogens is 2. The number of rotatable bonds is 4. The third-order valence-corrected chi connectivity index (χ3v) is 3.50. The quantitative estimate of drug-likeness (QED) is 0.871. The Morgan fingerprint density at radius 3 is 2.35 bits per heavy atom. The van der Waals surface area contributed by atoms with Crippen LogP contribution in [-0.4, -0.2) is 15.9 Å². The van der Waals surface area contributed by atoms with Crippen LogP contribution in [0.4, 0.5) is 5.69 Å². The second kappa shape index (κ2) is 6.68. The van der Waals surface area contributed by atoms with Crippen LogP contribution in [0.2, 0.25) is 10.3 Å². The third-order valence-electron chi connectivity index (χ3n) is 2.93. The fourth-order valence-electron chi connectivity index (χ4n) is 1.92. The van der Waals surface area contributed by atoms with E-state index in [4.69, 9.17) is 23.2 Å². The van der Waals surface area contributed by atoms with Crippen LogP contribution in [0.5, 0.6) is 0 Å². The summed E-state index contributed by atoms with van der Waals surface area (Å²) in [5, 5.41) is 2.95. The summed E-state index contributed by atoms with van der Waals surface area (Å²) in [4.78, 5) is 20.0. The second-order valence-corrected chi connectivity index (χ2v) is 4.91. The SMILES string of the molecule is CCC(C(=O)Nc1c(Cl)ncnc1Cl)c1ccccc1. The van der Waals surface area contributed by atoms with Crippen LogP contribution < -0.4 is 5.32 Å². The van der Waals surface area contributed by atoms with Crippen molar-refractivity contribution in [3.05, 3.63) is 52.5 Å². The van der Waals surface area contributed by atoms with Crippen LogP contribution in [-0.2, 0) is 4.79 Å². The number of carbonyl (C=O) groups is 1. The van der Waals surface area contributed by atoms with E-state index in [1.165, 1.54) is 6.33 Å². The van der Waals surface area contributed by atoms with Gasteiger partial charge >= 0.3 is 0 Å². The maximum Gasteiger partial charge on any atom is 0.232 e. The van der Waals surface area contributed by atoms with Crippen molar-refractivity contribution in [2.75, 3.05) is 5.32 Å². The number of aromatic nitrogens is 2. The van der Waals surface area contributed by atoms with E-state index in [1.54, 1.807) is 0 Å². The van der Waals surface area contributed by atoms with Gasteiger partial charge < -0.3 is 5.32 Å². The van der Waals surface area contributed by atoms with E-state index in [9.17, 15) is 4.79 Å². The molecule has 0 aliphatic rings. The van der Waals surface area contributed by atoms with E-state index >= 15 is 0 Å². The number of benzene rings is 1. The number of hydrogen-bond donors (Lipinski definition) is 1. The largest absolute Gasteiger partial charge is 0.320 e. The maximum atomic E-state index is 12.4. The summed E-state index contributed by atoms with van der Waals surface area (Å²) >= 11 is 11.8. The molecular formula is C14H13Cl2N3O. The maximum absolute atomic E-state index is 12.4. The minimum atomic E-state index is -0.275. The van der Waals surface area contributed by atoms with E-state index in [0.29, 0.717) is 6.42 Å². The first-order valence-corrected chi connectivity index (χ1v) is 6.91. The average molecular weight is 310 g/mol. The molecule has 1 amide bonds.